The number of benzene rings is 1. The van der Waals surface area contributed by atoms with Gasteiger partial charge in [-0.3, -0.25) is 4.79 Å². The molecule has 0 spiro atoms. The Morgan fingerprint density at radius 3 is 1.47 bits per heavy atom. The van der Waals surface area contributed by atoms with Crippen molar-refractivity contribution in [2.24, 2.45) is 0 Å². The maximum Gasteiger partial charge on any atom is 0.454 e. The lowest BCUT2D eigenvalue weighted by Crippen LogP contribution is -2.43. The molecule has 0 aliphatic rings. The summed E-state index contributed by atoms with van der Waals surface area (Å²) >= 11 is 0. The van der Waals surface area contributed by atoms with E-state index in [1.807, 2.05) is 0 Å². The zero-order valence-corrected chi connectivity index (χ0v) is 21.1. The molecule has 32 heavy (non-hydrogen) atoms. The average Bonchev–Trinajstić information content (AvgIpc) is 2.57. The lowest BCUT2D eigenvalue weighted by atomic mass is 10.1. The van der Waals surface area contributed by atoms with E-state index in [0.717, 1.165) is 14.7 Å². The van der Waals surface area contributed by atoms with E-state index in [2.05, 4.69) is 0 Å². The Morgan fingerprint density at radius 1 is 0.750 bits per heavy atom. The smallest absolute Gasteiger partial charge is 0.284 e. The minimum Gasteiger partial charge on any atom is -0.284 e. The van der Waals surface area contributed by atoms with Gasteiger partial charge in [-0.1, -0.05) is 0 Å². The number of Topliss-reactive ketones (excluding diaryl/α,β-unsaturated/α-hetero) is 1. The molecule has 1 aromatic carbocycles. The zero-order chi connectivity index (χ0) is 25.4. The molecule has 0 fully saturated rings. The Balaban J connectivity index is 4.00. The van der Waals surface area contributed by atoms with Crippen LogP contribution in [0.1, 0.15) is 65.7 Å². The van der Waals surface area contributed by atoms with Crippen LogP contribution in [0, 0.1) is 0 Å². The molecular weight excluding hydrogens is 469 g/mol. The third-order valence-electron chi connectivity index (χ3n) is 4.62. The van der Waals surface area contributed by atoms with Gasteiger partial charge in [0.2, 0.25) is 20.0 Å². The van der Waals surface area contributed by atoms with Crippen LogP contribution in [0.25, 0.3) is 0 Å². The maximum atomic E-state index is 13.4. The van der Waals surface area contributed by atoms with Crippen molar-refractivity contribution < 1.29 is 34.8 Å². The minimum absolute atomic E-state index is 0.501. The van der Waals surface area contributed by atoms with E-state index < -0.39 is 71.5 Å². The number of carbonyl (C=O) groups is 1. The Hall–Kier alpha value is -1.50. The first-order valence-corrected chi connectivity index (χ1v) is 13.0. The highest BCUT2D eigenvalue weighted by atomic mass is 32.2. The molecule has 0 atom stereocenters. The normalized spacial score (nSPS) is 13.9. The van der Waals surface area contributed by atoms with Crippen LogP contribution < -0.4 is 0 Å². The van der Waals surface area contributed by atoms with E-state index in [9.17, 15) is 34.8 Å². The molecule has 0 bridgehead atoms. The highest BCUT2D eigenvalue weighted by molar-refractivity contribution is 7.90. The largest absolute Gasteiger partial charge is 0.454 e. The molecule has 0 radical (unpaired) electrons. The number of hydrogen-bond acceptors (Lipinski definition) is 5. The highest BCUT2D eigenvalue weighted by Gasteiger charge is 2.44. The molecule has 0 saturated heterocycles. The second-order valence-electron chi connectivity index (χ2n) is 8.53. The number of halogens is 3. The summed E-state index contributed by atoms with van der Waals surface area (Å²) in [5.41, 5.74) is -1.12. The van der Waals surface area contributed by atoms with E-state index in [0.29, 0.717) is 12.1 Å². The second kappa shape index (κ2) is 9.78. The topological polar surface area (TPSA) is 91.8 Å². The van der Waals surface area contributed by atoms with Crippen molar-refractivity contribution in [2.75, 3.05) is 0 Å². The van der Waals surface area contributed by atoms with Crippen LogP contribution in [0.4, 0.5) is 13.2 Å². The third-order valence-corrected chi connectivity index (χ3v) is 9.16. The molecular formula is C20H31F3N2O5S2. The molecule has 0 aromatic heterocycles. The molecule has 0 heterocycles. The third kappa shape index (κ3) is 5.70. The number of nitrogens with zero attached hydrogens (tertiary/aromatic N) is 2. The molecule has 12 heteroatoms. The first kappa shape index (κ1) is 28.5. The summed E-state index contributed by atoms with van der Waals surface area (Å²) in [5, 5.41) is 0. The number of alkyl halides is 3. The lowest BCUT2D eigenvalue weighted by Gasteiger charge is -2.31. The van der Waals surface area contributed by atoms with Crippen molar-refractivity contribution in [3.8, 4) is 0 Å². The molecule has 0 aliphatic carbocycles. The fraction of sp³-hybridized carbons (Fsp3) is 0.650. The standard InChI is InChI=1S/C20H31F3N2O5S2/c1-12(2)24(13(3)4)31(27,28)16-9-10-17(19(26)20(21,22)23)18(11-16)32(29,30)25(14(5)6)15(7)8/h9-15H,1-8H3. The number of ketones is 1. The minimum atomic E-state index is -5.34. The van der Waals surface area contributed by atoms with Crippen molar-refractivity contribution in [1.29, 1.82) is 0 Å². The molecule has 184 valence electrons. The summed E-state index contributed by atoms with van der Waals surface area (Å²) in [4.78, 5) is 10.5. The fourth-order valence-corrected chi connectivity index (χ4v) is 7.74. The summed E-state index contributed by atoms with van der Waals surface area (Å²) < 4.78 is 94.9. The molecule has 1 rings (SSSR count). The summed E-state index contributed by atoms with van der Waals surface area (Å²) in [6.45, 7) is 12.6. The van der Waals surface area contributed by atoms with Crippen molar-refractivity contribution in [2.45, 2.75) is 95.5 Å². The van der Waals surface area contributed by atoms with Gasteiger partial charge in [0, 0.05) is 29.7 Å². The van der Waals surface area contributed by atoms with Gasteiger partial charge in [0.25, 0.3) is 5.78 Å². The van der Waals surface area contributed by atoms with E-state index in [1.165, 1.54) is 27.7 Å². The van der Waals surface area contributed by atoms with E-state index >= 15 is 0 Å². The van der Waals surface area contributed by atoms with Gasteiger partial charge in [-0.25, -0.2) is 16.8 Å². The predicted molar refractivity (Wildman–Crippen MR) is 115 cm³/mol. The summed E-state index contributed by atoms with van der Waals surface area (Å²) in [6, 6.07) is -0.209. The highest BCUT2D eigenvalue weighted by Crippen LogP contribution is 2.32. The van der Waals surface area contributed by atoms with Gasteiger partial charge in [-0.15, -0.1) is 0 Å². The van der Waals surface area contributed by atoms with Crippen LogP contribution >= 0.6 is 0 Å². The van der Waals surface area contributed by atoms with Crippen LogP contribution in [0.15, 0.2) is 28.0 Å². The van der Waals surface area contributed by atoms with Crippen LogP contribution in [0.2, 0.25) is 0 Å². The quantitative estimate of drug-likeness (QED) is 0.477. The molecule has 0 saturated carbocycles. The zero-order valence-electron chi connectivity index (χ0n) is 19.4. The number of carbonyl (C=O) groups excluding carboxylic acids is 1. The van der Waals surface area contributed by atoms with E-state index in [-0.39, 0.29) is 0 Å². The van der Waals surface area contributed by atoms with Gasteiger partial charge in [0.15, 0.2) is 0 Å². The van der Waals surface area contributed by atoms with Gasteiger partial charge in [-0.2, -0.15) is 21.8 Å². The van der Waals surface area contributed by atoms with Gasteiger partial charge in [-0.05, 0) is 73.6 Å². The lowest BCUT2D eigenvalue weighted by molar-refractivity contribution is -0.0887. The maximum absolute atomic E-state index is 13.4. The van der Waals surface area contributed by atoms with E-state index in [1.54, 1.807) is 27.7 Å². The average molecular weight is 501 g/mol. The van der Waals surface area contributed by atoms with E-state index in [4.69, 9.17) is 0 Å². The number of hydrogen-bond donors (Lipinski definition) is 0. The SMILES string of the molecule is CC(C)N(C(C)C)S(=O)(=O)c1ccc(C(=O)C(F)(F)F)c(S(=O)(=O)N(C(C)C)C(C)C)c1. The summed E-state index contributed by atoms with van der Waals surface area (Å²) in [5.74, 6) is -2.36. The monoisotopic (exact) mass is 500 g/mol. The Kier molecular flexibility index (Phi) is 8.72. The van der Waals surface area contributed by atoms with Crippen molar-refractivity contribution in [3.05, 3.63) is 23.8 Å². The first-order valence-electron chi connectivity index (χ1n) is 10.1. The molecule has 1 aromatic rings. The van der Waals surface area contributed by atoms with Crippen molar-refractivity contribution in [3.63, 3.8) is 0 Å². The van der Waals surface area contributed by atoms with Gasteiger partial charge in [0.05, 0.1) is 9.79 Å². The van der Waals surface area contributed by atoms with Crippen molar-refractivity contribution in [1.82, 2.24) is 8.61 Å². The fourth-order valence-electron chi connectivity index (χ4n) is 3.75. The number of rotatable bonds is 9. The Bertz CT molecular complexity index is 1030. The molecule has 0 N–H and O–H groups in total. The van der Waals surface area contributed by atoms with Crippen LogP contribution in [0.3, 0.4) is 0 Å². The molecule has 0 amide bonds. The summed E-state index contributed by atoms with van der Waals surface area (Å²) in [7, 11) is -8.92. The van der Waals surface area contributed by atoms with Crippen LogP contribution in [0.5, 0.6) is 0 Å². The van der Waals surface area contributed by atoms with Crippen molar-refractivity contribution >= 4 is 25.8 Å². The first-order chi connectivity index (χ1) is 14.3. The van der Waals surface area contributed by atoms with Crippen LogP contribution in [-0.2, 0) is 20.0 Å². The molecule has 0 unspecified atom stereocenters. The Morgan fingerprint density at radius 2 is 1.12 bits per heavy atom. The molecule has 7 nitrogen and oxygen atoms in total. The molecule has 0 aliphatic heterocycles. The predicted octanol–water partition coefficient (Wildman–Crippen LogP) is 4.05. The Labute approximate surface area is 188 Å². The van der Waals surface area contributed by atoms with Crippen LogP contribution in [-0.4, -0.2) is 61.6 Å². The van der Waals surface area contributed by atoms with Gasteiger partial charge < -0.3 is 0 Å². The second-order valence-corrected chi connectivity index (χ2v) is 12.2. The summed E-state index contributed by atoms with van der Waals surface area (Å²) in [6.07, 6.45) is -5.34. The van der Waals surface area contributed by atoms with Gasteiger partial charge >= 0.3 is 6.18 Å². The van der Waals surface area contributed by atoms with Gasteiger partial charge in [0.1, 0.15) is 0 Å². The number of sulfonamides is 2.